The van der Waals surface area contributed by atoms with Gasteiger partial charge in [-0.25, -0.2) is 4.98 Å². The number of aryl methyl sites for hydroxylation is 2. The van der Waals surface area contributed by atoms with Crippen LogP contribution in [0.3, 0.4) is 0 Å². The number of nitrogens with zero attached hydrogens (tertiary/aromatic N) is 5. The van der Waals surface area contributed by atoms with Crippen LogP contribution in [0.5, 0.6) is 0 Å². The molecule has 0 aromatic carbocycles. The summed E-state index contributed by atoms with van der Waals surface area (Å²) in [5, 5.41) is 7.78. The molecule has 2 aromatic heterocycles. The molecule has 1 unspecified atom stereocenters. The molecule has 4 rings (SSSR count). The van der Waals surface area contributed by atoms with Crippen molar-refractivity contribution < 1.29 is 4.79 Å². The van der Waals surface area contributed by atoms with Crippen molar-refractivity contribution in [3.05, 3.63) is 36.0 Å². The van der Waals surface area contributed by atoms with Gasteiger partial charge in [0.2, 0.25) is 5.91 Å². The van der Waals surface area contributed by atoms with Gasteiger partial charge < -0.3 is 10.2 Å². The molecule has 1 atom stereocenters. The van der Waals surface area contributed by atoms with Crippen molar-refractivity contribution in [2.45, 2.75) is 38.1 Å². The van der Waals surface area contributed by atoms with Crippen LogP contribution in [0, 0.1) is 5.92 Å². The number of rotatable bonds is 3. The molecule has 0 spiro atoms. The molecule has 0 bridgehead atoms. The van der Waals surface area contributed by atoms with E-state index in [1.807, 2.05) is 11.7 Å². The van der Waals surface area contributed by atoms with Crippen molar-refractivity contribution >= 4 is 11.7 Å². The van der Waals surface area contributed by atoms with Crippen LogP contribution >= 0.6 is 0 Å². The quantitative estimate of drug-likeness (QED) is 0.919. The maximum atomic E-state index is 12.7. The molecule has 1 aliphatic carbocycles. The Balaban J connectivity index is 1.36. The molecule has 1 N–H and O–H groups in total. The van der Waals surface area contributed by atoms with Gasteiger partial charge in [0.1, 0.15) is 5.82 Å². The molecule has 2 aromatic rings. The molecule has 132 valence electrons. The average Bonchev–Trinajstić information content (AvgIpc) is 3.04. The zero-order valence-corrected chi connectivity index (χ0v) is 14.6. The van der Waals surface area contributed by atoms with Gasteiger partial charge in [-0.3, -0.25) is 14.5 Å². The molecule has 1 aliphatic heterocycles. The lowest BCUT2D eigenvalue weighted by Gasteiger charge is -2.33. The zero-order valence-electron chi connectivity index (χ0n) is 14.6. The van der Waals surface area contributed by atoms with Crippen molar-refractivity contribution in [1.82, 2.24) is 25.1 Å². The van der Waals surface area contributed by atoms with E-state index in [0.29, 0.717) is 0 Å². The van der Waals surface area contributed by atoms with Crippen molar-refractivity contribution in [2.24, 2.45) is 13.0 Å². The summed E-state index contributed by atoms with van der Waals surface area (Å²) in [7, 11) is 1.94. The SMILES string of the molecule is Cn1cc2c(n1)CCCC2NC(=O)C1CCN(c2cnccn2)CC1. The number of aromatic nitrogens is 4. The molecule has 1 saturated heterocycles. The van der Waals surface area contributed by atoms with Crippen LogP contribution in [0.4, 0.5) is 5.82 Å². The van der Waals surface area contributed by atoms with E-state index >= 15 is 0 Å². The Kier molecular flexibility index (Phi) is 4.38. The van der Waals surface area contributed by atoms with Crippen molar-refractivity contribution in [3.63, 3.8) is 0 Å². The van der Waals surface area contributed by atoms with Crippen LogP contribution < -0.4 is 10.2 Å². The average molecular weight is 340 g/mol. The zero-order chi connectivity index (χ0) is 17.2. The fourth-order valence-corrected chi connectivity index (χ4v) is 3.93. The van der Waals surface area contributed by atoms with Gasteiger partial charge in [-0.15, -0.1) is 0 Å². The van der Waals surface area contributed by atoms with Crippen LogP contribution in [0.2, 0.25) is 0 Å². The summed E-state index contributed by atoms with van der Waals surface area (Å²) in [5.74, 6) is 1.16. The smallest absolute Gasteiger partial charge is 0.223 e. The summed E-state index contributed by atoms with van der Waals surface area (Å²) in [5.41, 5.74) is 2.33. The Hall–Kier alpha value is -2.44. The fraction of sp³-hybridized carbons (Fsp3) is 0.556. The first-order chi connectivity index (χ1) is 12.2. The summed E-state index contributed by atoms with van der Waals surface area (Å²) in [6.07, 6.45) is 12.0. The van der Waals surface area contributed by atoms with Crippen molar-refractivity contribution in [3.8, 4) is 0 Å². The summed E-state index contributed by atoms with van der Waals surface area (Å²) in [6.45, 7) is 1.69. The highest BCUT2D eigenvalue weighted by Gasteiger charge is 2.30. The van der Waals surface area contributed by atoms with Crippen LogP contribution in [-0.4, -0.2) is 38.7 Å². The Bertz CT molecular complexity index is 735. The number of carbonyl (C=O) groups is 1. The normalized spacial score (nSPS) is 21.0. The lowest BCUT2D eigenvalue weighted by Crippen LogP contribution is -2.42. The second-order valence-corrected chi connectivity index (χ2v) is 6.98. The summed E-state index contributed by atoms with van der Waals surface area (Å²) < 4.78 is 1.86. The lowest BCUT2D eigenvalue weighted by molar-refractivity contribution is -0.126. The Morgan fingerprint density at radius 1 is 1.24 bits per heavy atom. The molecular weight excluding hydrogens is 316 g/mol. The number of fused-ring (bicyclic) bond motifs is 1. The van der Waals surface area contributed by atoms with Gasteiger partial charge in [0, 0.05) is 50.2 Å². The first-order valence-corrected chi connectivity index (χ1v) is 9.04. The molecular formula is C18H24N6O. The fourth-order valence-electron chi connectivity index (χ4n) is 3.93. The summed E-state index contributed by atoms with van der Waals surface area (Å²) >= 11 is 0. The van der Waals surface area contributed by atoms with Crippen LogP contribution in [0.25, 0.3) is 0 Å². The lowest BCUT2D eigenvalue weighted by atomic mass is 9.91. The Morgan fingerprint density at radius 3 is 2.84 bits per heavy atom. The molecule has 2 aliphatic rings. The van der Waals surface area contributed by atoms with Gasteiger partial charge in [0.05, 0.1) is 17.9 Å². The molecule has 0 saturated carbocycles. The Morgan fingerprint density at radius 2 is 2.08 bits per heavy atom. The Labute approximate surface area is 147 Å². The van der Waals surface area contributed by atoms with E-state index in [1.54, 1.807) is 18.6 Å². The molecule has 1 fully saturated rings. The number of hydrogen-bond acceptors (Lipinski definition) is 5. The second-order valence-electron chi connectivity index (χ2n) is 6.98. The predicted octanol–water partition coefficient (Wildman–Crippen LogP) is 1.62. The van der Waals surface area contributed by atoms with E-state index in [4.69, 9.17) is 0 Å². The number of nitrogens with one attached hydrogen (secondary N) is 1. The number of piperidine rings is 1. The highest BCUT2D eigenvalue weighted by atomic mass is 16.2. The van der Waals surface area contributed by atoms with Gasteiger partial charge in [-0.05, 0) is 32.1 Å². The molecule has 1 amide bonds. The largest absolute Gasteiger partial charge is 0.355 e. The van der Waals surface area contributed by atoms with Gasteiger partial charge in [0.25, 0.3) is 0 Å². The topological polar surface area (TPSA) is 75.9 Å². The van der Waals surface area contributed by atoms with Crippen LogP contribution in [0.15, 0.2) is 24.8 Å². The molecule has 0 radical (unpaired) electrons. The van der Waals surface area contributed by atoms with Crippen molar-refractivity contribution in [2.75, 3.05) is 18.0 Å². The molecule has 7 heteroatoms. The van der Waals surface area contributed by atoms with Gasteiger partial charge in [0.15, 0.2) is 0 Å². The number of anilines is 1. The minimum atomic E-state index is 0.0787. The standard InChI is InChI=1S/C18H24N6O/c1-23-12-14-15(3-2-4-16(14)22-23)21-18(25)13-5-9-24(10-6-13)17-11-19-7-8-20-17/h7-8,11-13,15H,2-6,9-10H2,1H3,(H,21,25). The van der Waals surface area contributed by atoms with E-state index < -0.39 is 0 Å². The minimum absolute atomic E-state index is 0.0787. The molecule has 7 nitrogen and oxygen atoms in total. The van der Waals surface area contributed by atoms with E-state index in [9.17, 15) is 4.79 Å². The van der Waals surface area contributed by atoms with E-state index in [-0.39, 0.29) is 17.9 Å². The number of carbonyl (C=O) groups excluding carboxylic acids is 1. The predicted molar refractivity (Wildman–Crippen MR) is 94.0 cm³/mol. The van der Waals surface area contributed by atoms with E-state index in [1.165, 1.54) is 5.56 Å². The van der Waals surface area contributed by atoms with E-state index in [0.717, 1.165) is 56.7 Å². The second kappa shape index (κ2) is 6.82. The summed E-state index contributed by atoms with van der Waals surface area (Å²) in [6, 6.07) is 0.114. The van der Waals surface area contributed by atoms with Crippen LogP contribution in [0.1, 0.15) is 43.0 Å². The minimum Gasteiger partial charge on any atom is -0.355 e. The molecule has 3 heterocycles. The highest BCUT2D eigenvalue weighted by molar-refractivity contribution is 5.79. The number of hydrogen-bond donors (Lipinski definition) is 1. The van der Waals surface area contributed by atoms with Crippen LogP contribution in [-0.2, 0) is 18.3 Å². The monoisotopic (exact) mass is 340 g/mol. The molecule has 25 heavy (non-hydrogen) atoms. The van der Waals surface area contributed by atoms with Gasteiger partial charge >= 0.3 is 0 Å². The third kappa shape index (κ3) is 3.36. The number of amides is 1. The van der Waals surface area contributed by atoms with Gasteiger partial charge in [-0.1, -0.05) is 0 Å². The van der Waals surface area contributed by atoms with E-state index in [2.05, 4.69) is 31.5 Å². The summed E-state index contributed by atoms with van der Waals surface area (Å²) in [4.78, 5) is 23.4. The van der Waals surface area contributed by atoms with Crippen molar-refractivity contribution in [1.29, 1.82) is 0 Å². The maximum Gasteiger partial charge on any atom is 0.223 e. The first kappa shape index (κ1) is 16.1. The highest BCUT2D eigenvalue weighted by Crippen LogP contribution is 2.30. The maximum absolute atomic E-state index is 12.7. The third-order valence-corrected chi connectivity index (χ3v) is 5.28. The first-order valence-electron chi connectivity index (χ1n) is 9.04. The van der Waals surface area contributed by atoms with Gasteiger partial charge in [-0.2, -0.15) is 5.10 Å². The third-order valence-electron chi connectivity index (χ3n) is 5.28.